The number of carbonyl (C=O) groups excluding carboxylic acids is 2. The van der Waals surface area contributed by atoms with Gasteiger partial charge in [-0.1, -0.05) is 23.7 Å². The number of thiophene rings is 1. The molecule has 0 radical (unpaired) electrons. The van der Waals surface area contributed by atoms with E-state index >= 15 is 0 Å². The molecule has 0 saturated carbocycles. The third kappa shape index (κ3) is 4.18. The Kier molecular flexibility index (Phi) is 5.88. The van der Waals surface area contributed by atoms with Gasteiger partial charge in [-0.3, -0.25) is 9.78 Å². The molecule has 0 aliphatic carbocycles. The summed E-state index contributed by atoms with van der Waals surface area (Å²) in [5.74, 6) is -0.814. The SMILES string of the molecule is CCOC(=O)c1c(NC(=O)c2cccnc2)sc(C)c1-c1ccc(Cl)cc1. The average molecular weight is 401 g/mol. The highest BCUT2D eigenvalue weighted by Crippen LogP contribution is 2.40. The maximum Gasteiger partial charge on any atom is 0.341 e. The van der Waals surface area contributed by atoms with E-state index in [1.165, 1.54) is 17.5 Å². The molecule has 2 aromatic heterocycles. The Morgan fingerprint density at radius 3 is 2.59 bits per heavy atom. The smallest absolute Gasteiger partial charge is 0.341 e. The predicted molar refractivity (Wildman–Crippen MR) is 108 cm³/mol. The summed E-state index contributed by atoms with van der Waals surface area (Å²) >= 11 is 7.31. The Labute approximate surface area is 166 Å². The van der Waals surface area contributed by atoms with Gasteiger partial charge in [0.25, 0.3) is 5.91 Å². The van der Waals surface area contributed by atoms with Gasteiger partial charge in [0, 0.05) is 27.9 Å². The number of pyridine rings is 1. The number of hydrogen-bond acceptors (Lipinski definition) is 5. The van der Waals surface area contributed by atoms with E-state index in [2.05, 4.69) is 10.3 Å². The number of nitrogens with zero attached hydrogens (tertiary/aromatic N) is 1. The maximum absolute atomic E-state index is 12.7. The van der Waals surface area contributed by atoms with Crippen molar-refractivity contribution in [3.05, 3.63) is 69.8 Å². The minimum Gasteiger partial charge on any atom is -0.462 e. The lowest BCUT2D eigenvalue weighted by Crippen LogP contribution is -2.15. The fourth-order valence-electron chi connectivity index (χ4n) is 2.67. The lowest BCUT2D eigenvalue weighted by Gasteiger charge is -2.09. The Morgan fingerprint density at radius 1 is 1.22 bits per heavy atom. The number of amides is 1. The summed E-state index contributed by atoms with van der Waals surface area (Å²) in [5, 5.41) is 3.88. The van der Waals surface area contributed by atoms with Crippen LogP contribution in [-0.4, -0.2) is 23.5 Å². The number of halogens is 1. The molecule has 0 bridgehead atoms. The molecule has 0 saturated heterocycles. The quantitative estimate of drug-likeness (QED) is 0.597. The molecule has 2 heterocycles. The van der Waals surface area contributed by atoms with Gasteiger partial charge >= 0.3 is 5.97 Å². The van der Waals surface area contributed by atoms with Crippen molar-refractivity contribution in [3.8, 4) is 11.1 Å². The van der Waals surface area contributed by atoms with Gasteiger partial charge in [-0.25, -0.2) is 4.79 Å². The fraction of sp³-hybridized carbons (Fsp3) is 0.150. The van der Waals surface area contributed by atoms with Crippen molar-refractivity contribution < 1.29 is 14.3 Å². The number of esters is 1. The largest absolute Gasteiger partial charge is 0.462 e. The lowest BCUT2D eigenvalue weighted by molar-refractivity contribution is 0.0529. The zero-order valence-corrected chi connectivity index (χ0v) is 16.4. The van der Waals surface area contributed by atoms with Gasteiger partial charge in [-0.2, -0.15) is 0 Å². The van der Waals surface area contributed by atoms with E-state index < -0.39 is 5.97 Å². The molecule has 138 valence electrons. The van der Waals surface area contributed by atoms with E-state index in [9.17, 15) is 9.59 Å². The first-order valence-corrected chi connectivity index (χ1v) is 9.48. The number of hydrogen-bond donors (Lipinski definition) is 1. The van der Waals surface area contributed by atoms with Crippen LogP contribution in [0.5, 0.6) is 0 Å². The average Bonchev–Trinajstić information content (AvgIpc) is 2.99. The summed E-state index contributed by atoms with van der Waals surface area (Å²) < 4.78 is 5.23. The Bertz CT molecular complexity index is 969. The predicted octanol–water partition coefficient (Wildman–Crippen LogP) is 5.20. The molecule has 3 rings (SSSR count). The van der Waals surface area contributed by atoms with E-state index in [1.807, 2.05) is 19.1 Å². The van der Waals surface area contributed by atoms with E-state index in [1.54, 1.807) is 37.4 Å². The van der Waals surface area contributed by atoms with E-state index in [0.29, 0.717) is 21.2 Å². The van der Waals surface area contributed by atoms with Crippen LogP contribution in [-0.2, 0) is 4.74 Å². The molecule has 1 N–H and O–H groups in total. The first-order valence-electron chi connectivity index (χ1n) is 8.29. The number of aromatic nitrogens is 1. The van der Waals surface area contributed by atoms with Crippen LogP contribution in [0.2, 0.25) is 5.02 Å². The molecule has 1 amide bonds. The Morgan fingerprint density at radius 2 is 1.96 bits per heavy atom. The topological polar surface area (TPSA) is 68.3 Å². The van der Waals surface area contributed by atoms with Crippen molar-refractivity contribution in [2.75, 3.05) is 11.9 Å². The van der Waals surface area contributed by atoms with Crippen molar-refractivity contribution in [2.45, 2.75) is 13.8 Å². The van der Waals surface area contributed by atoms with Crippen LogP contribution in [0.3, 0.4) is 0 Å². The Balaban J connectivity index is 2.06. The molecule has 3 aromatic rings. The molecular weight excluding hydrogens is 384 g/mol. The van der Waals surface area contributed by atoms with Crippen molar-refractivity contribution >= 4 is 39.8 Å². The summed E-state index contributed by atoms with van der Waals surface area (Å²) in [5.41, 5.74) is 2.32. The van der Waals surface area contributed by atoms with E-state index in [-0.39, 0.29) is 12.5 Å². The second-order valence-corrected chi connectivity index (χ2v) is 7.32. The molecule has 1 aromatic carbocycles. The van der Waals surface area contributed by atoms with Crippen LogP contribution in [0.15, 0.2) is 48.8 Å². The third-order valence-electron chi connectivity index (χ3n) is 3.85. The van der Waals surface area contributed by atoms with Gasteiger partial charge < -0.3 is 10.1 Å². The van der Waals surface area contributed by atoms with Gasteiger partial charge in [0.2, 0.25) is 0 Å². The zero-order valence-electron chi connectivity index (χ0n) is 14.8. The van der Waals surface area contributed by atoms with Gasteiger partial charge in [0.05, 0.1) is 12.2 Å². The van der Waals surface area contributed by atoms with Crippen molar-refractivity contribution in [3.63, 3.8) is 0 Å². The number of ether oxygens (including phenoxy) is 1. The molecule has 27 heavy (non-hydrogen) atoms. The number of rotatable bonds is 5. The van der Waals surface area contributed by atoms with Crippen LogP contribution in [0, 0.1) is 6.92 Å². The number of carbonyl (C=O) groups is 2. The van der Waals surface area contributed by atoms with Crippen molar-refractivity contribution in [1.82, 2.24) is 4.98 Å². The van der Waals surface area contributed by atoms with Gasteiger partial charge in [-0.15, -0.1) is 11.3 Å². The third-order valence-corrected chi connectivity index (χ3v) is 5.12. The van der Waals surface area contributed by atoms with Crippen molar-refractivity contribution in [1.29, 1.82) is 0 Å². The number of benzene rings is 1. The normalized spacial score (nSPS) is 10.5. The summed E-state index contributed by atoms with van der Waals surface area (Å²) in [7, 11) is 0. The molecule has 0 atom stereocenters. The van der Waals surface area contributed by atoms with E-state index in [4.69, 9.17) is 16.3 Å². The molecule has 0 aliphatic heterocycles. The fourth-order valence-corrected chi connectivity index (χ4v) is 3.85. The second-order valence-electron chi connectivity index (χ2n) is 5.66. The second kappa shape index (κ2) is 8.33. The van der Waals surface area contributed by atoms with Crippen LogP contribution in [0.25, 0.3) is 11.1 Å². The summed E-state index contributed by atoms with van der Waals surface area (Å²) in [6.07, 6.45) is 3.06. The van der Waals surface area contributed by atoms with E-state index in [0.717, 1.165) is 16.0 Å². The summed E-state index contributed by atoms with van der Waals surface area (Å²) in [6, 6.07) is 10.5. The standard InChI is InChI=1S/C20H17ClN2O3S/c1-3-26-20(25)17-16(13-6-8-15(21)9-7-13)12(2)27-19(17)23-18(24)14-5-4-10-22-11-14/h4-11H,3H2,1-2H3,(H,23,24). The highest BCUT2D eigenvalue weighted by atomic mass is 35.5. The number of nitrogens with one attached hydrogen (secondary N) is 1. The highest BCUT2D eigenvalue weighted by molar-refractivity contribution is 7.17. The van der Waals surface area contributed by atoms with Crippen LogP contribution in [0.1, 0.15) is 32.5 Å². The van der Waals surface area contributed by atoms with Crippen LogP contribution >= 0.6 is 22.9 Å². The molecule has 7 heteroatoms. The first kappa shape index (κ1) is 19.1. The molecule has 5 nitrogen and oxygen atoms in total. The van der Waals surface area contributed by atoms with Crippen LogP contribution < -0.4 is 5.32 Å². The highest BCUT2D eigenvalue weighted by Gasteiger charge is 2.25. The van der Waals surface area contributed by atoms with Crippen molar-refractivity contribution in [2.24, 2.45) is 0 Å². The minimum absolute atomic E-state index is 0.240. The molecule has 0 unspecified atom stereocenters. The molecule has 0 spiro atoms. The molecule has 0 fully saturated rings. The van der Waals surface area contributed by atoms with Gasteiger partial charge in [0.1, 0.15) is 10.6 Å². The zero-order chi connectivity index (χ0) is 19.4. The van der Waals surface area contributed by atoms with Crippen LogP contribution in [0.4, 0.5) is 5.00 Å². The Hall–Kier alpha value is -2.70. The minimum atomic E-state index is -0.478. The molecule has 0 aliphatic rings. The number of aryl methyl sites for hydroxylation is 1. The monoisotopic (exact) mass is 400 g/mol. The maximum atomic E-state index is 12.7. The van der Waals surface area contributed by atoms with Gasteiger partial charge in [0.15, 0.2) is 0 Å². The number of anilines is 1. The lowest BCUT2D eigenvalue weighted by atomic mass is 10.0. The summed E-state index contributed by atoms with van der Waals surface area (Å²) in [6.45, 7) is 3.88. The van der Waals surface area contributed by atoms with Gasteiger partial charge in [-0.05, 0) is 43.7 Å². The molecular formula is C20H17ClN2O3S. The summed E-state index contributed by atoms with van der Waals surface area (Å²) in [4.78, 5) is 30.0. The first-order chi connectivity index (χ1) is 13.0.